The predicted molar refractivity (Wildman–Crippen MR) is 115 cm³/mol. The molecule has 0 fully saturated rings. The van der Waals surface area contributed by atoms with Crippen LogP contribution in [0.15, 0.2) is 65.6 Å². The Balaban J connectivity index is 1.93. The Labute approximate surface area is 165 Å². The second-order valence-electron chi connectivity index (χ2n) is 7.05. The van der Waals surface area contributed by atoms with Crippen molar-refractivity contribution in [2.45, 2.75) is 20.3 Å². The second-order valence-corrected chi connectivity index (χ2v) is 7.05. The standard InChI is InChI=1S/C23H27N3O2/c1-4-18(6-5-17(2)3)21-15-23(28)26-16-20(7-8-22(26)24-21)19-9-11-25(12-10-19)13-14-27/h4-9,15-16,27H,2,10-14H2,1,3H3/b6-5-,18-4+. The highest BCUT2D eigenvalue weighted by Crippen LogP contribution is 2.22. The van der Waals surface area contributed by atoms with Crippen LogP contribution in [-0.4, -0.2) is 45.6 Å². The van der Waals surface area contributed by atoms with Crippen molar-refractivity contribution in [2.24, 2.45) is 0 Å². The van der Waals surface area contributed by atoms with Crippen molar-refractivity contribution in [2.75, 3.05) is 26.2 Å². The van der Waals surface area contributed by atoms with Crippen LogP contribution in [-0.2, 0) is 0 Å². The van der Waals surface area contributed by atoms with E-state index in [0.717, 1.165) is 36.2 Å². The van der Waals surface area contributed by atoms with E-state index < -0.39 is 0 Å². The van der Waals surface area contributed by atoms with Gasteiger partial charge in [-0.3, -0.25) is 14.1 Å². The Morgan fingerprint density at radius 1 is 1.36 bits per heavy atom. The third-order valence-corrected chi connectivity index (χ3v) is 4.89. The van der Waals surface area contributed by atoms with Gasteiger partial charge in [0.25, 0.3) is 5.56 Å². The maximum absolute atomic E-state index is 12.7. The summed E-state index contributed by atoms with van der Waals surface area (Å²) in [4.78, 5) is 19.6. The molecular formula is C23H27N3O2. The van der Waals surface area contributed by atoms with Gasteiger partial charge in [-0.2, -0.15) is 0 Å². The second kappa shape index (κ2) is 8.95. The molecule has 0 saturated heterocycles. The number of hydrogen-bond donors (Lipinski definition) is 1. The zero-order valence-corrected chi connectivity index (χ0v) is 16.6. The number of hydrogen-bond acceptors (Lipinski definition) is 4. The van der Waals surface area contributed by atoms with Crippen molar-refractivity contribution in [3.63, 3.8) is 0 Å². The molecule has 0 spiro atoms. The molecule has 1 N–H and O–H groups in total. The Bertz CT molecular complexity index is 1030. The third kappa shape index (κ3) is 4.55. The topological polar surface area (TPSA) is 57.8 Å². The molecule has 0 bridgehead atoms. The zero-order chi connectivity index (χ0) is 20.1. The maximum atomic E-state index is 12.7. The van der Waals surface area contributed by atoms with Gasteiger partial charge in [0.15, 0.2) is 0 Å². The number of rotatable bonds is 6. The molecule has 3 heterocycles. The summed E-state index contributed by atoms with van der Waals surface area (Å²) in [5.41, 5.74) is 5.31. The molecule has 3 rings (SSSR count). The Morgan fingerprint density at radius 2 is 2.18 bits per heavy atom. The number of fused-ring (bicyclic) bond motifs is 1. The third-order valence-electron chi connectivity index (χ3n) is 4.89. The fourth-order valence-electron chi connectivity index (χ4n) is 3.32. The van der Waals surface area contributed by atoms with E-state index in [-0.39, 0.29) is 12.2 Å². The van der Waals surface area contributed by atoms with Crippen LogP contribution in [0, 0.1) is 0 Å². The van der Waals surface area contributed by atoms with Crippen molar-refractivity contribution in [1.82, 2.24) is 14.3 Å². The first kappa shape index (κ1) is 20.0. The summed E-state index contributed by atoms with van der Waals surface area (Å²) in [5.74, 6) is 0. The first-order valence-electron chi connectivity index (χ1n) is 9.58. The number of aliphatic hydroxyl groups is 1. The summed E-state index contributed by atoms with van der Waals surface area (Å²) in [6.45, 7) is 10.3. The Morgan fingerprint density at radius 3 is 2.82 bits per heavy atom. The normalized spacial score (nSPS) is 16.0. The van der Waals surface area contributed by atoms with Gasteiger partial charge in [-0.25, -0.2) is 4.98 Å². The first-order chi connectivity index (χ1) is 13.5. The summed E-state index contributed by atoms with van der Waals surface area (Å²) >= 11 is 0. The van der Waals surface area contributed by atoms with Gasteiger partial charge in [-0.1, -0.05) is 36.5 Å². The summed E-state index contributed by atoms with van der Waals surface area (Å²) in [6.07, 6.45) is 10.7. The quantitative estimate of drug-likeness (QED) is 0.785. The fraction of sp³-hybridized carbons (Fsp3) is 0.304. The Hall–Kier alpha value is -2.76. The number of allylic oxidation sites excluding steroid dienone is 5. The number of aliphatic hydroxyl groups excluding tert-OH is 1. The zero-order valence-electron chi connectivity index (χ0n) is 16.6. The van der Waals surface area contributed by atoms with Crippen LogP contribution in [0.1, 0.15) is 31.5 Å². The van der Waals surface area contributed by atoms with Crippen molar-refractivity contribution in [1.29, 1.82) is 0 Å². The summed E-state index contributed by atoms with van der Waals surface area (Å²) in [7, 11) is 0. The molecule has 1 aliphatic heterocycles. The SMILES string of the molecule is C=C(C)/C=C\C(=C/C)c1cc(=O)n2cc(C3=CCN(CCO)CC3)ccc2n1. The minimum absolute atomic E-state index is 0.0942. The molecule has 0 saturated carbocycles. The van der Waals surface area contributed by atoms with Crippen LogP contribution in [0.3, 0.4) is 0 Å². The van der Waals surface area contributed by atoms with Crippen LogP contribution in [0.4, 0.5) is 0 Å². The van der Waals surface area contributed by atoms with Crippen molar-refractivity contribution < 1.29 is 5.11 Å². The van der Waals surface area contributed by atoms with E-state index in [4.69, 9.17) is 5.11 Å². The van der Waals surface area contributed by atoms with Gasteiger partial charge in [0.05, 0.1) is 12.3 Å². The maximum Gasteiger partial charge on any atom is 0.258 e. The number of pyridine rings is 1. The molecule has 0 atom stereocenters. The van der Waals surface area contributed by atoms with Crippen molar-refractivity contribution in [3.05, 3.63) is 82.5 Å². The molecule has 0 unspecified atom stereocenters. The first-order valence-corrected chi connectivity index (χ1v) is 9.58. The molecule has 5 heteroatoms. The van der Waals surface area contributed by atoms with E-state index in [1.165, 1.54) is 5.57 Å². The van der Waals surface area contributed by atoms with Gasteiger partial charge in [0.2, 0.25) is 0 Å². The van der Waals surface area contributed by atoms with Gasteiger partial charge in [0, 0.05) is 31.9 Å². The van der Waals surface area contributed by atoms with Crippen molar-refractivity contribution in [3.8, 4) is 0 Å². The Kier molecular flexibility index (Phi) is 6.39. The van der Waals surface area contributed by atoms with Gasteiger partial charge < -0.3 is 5.11 Å². The van der Waals surface area contributed by atoms with Gasteiger partial charge in [-0.15, -0.1) is 0 Å². The van der Waals surface area contributed by atoms with E-state index in [1.54, 1.807) is 10.5 Å². The lowest BCUT2D eigenvalue weighted by molar-refractivity contribution is 0.208. The van der Waals surface area contributed by atoms with E-state index >= 15 is 0 Å². The minimum atomic E-state index is -0.0942. The molecule has 2 aromatic rings. The largest absolute Gasteiger partial charge is 0.395 e. The molecule has 5 nitrogen and oxygen atoms in total. The average molecular weight is 377 g/mol. The number of β-amino-alcohol motifs (C(OH)–C–C–N with tert-alkyl or cyclic N) is 1. The summed E-state index contributed by atoms with van der Waals surface area (Å²) in [5, 5.41) is 9.07. The van der Waals surface area contributed by atoms with Gasteiger partial charge >= 0.3 is 0 Å². The number of nitrogens with zero attached hydrogens (tertiary/aromatic N) is 3. The van der Waals surface area contributed by atoms with E-state index in [2.05, 4.69) is 22.5 Å². The van der Waals surface area contributed by atoms with Crippen LogP contribution in [0.2, 0.25) is 0 Å². The lowest BCUT2D eigenvalue weighted by atomic mass is 10.0. The molecule has 146 valence electrons. The fourth-order valence-corrected chi connectivity index (χ4v) is 3.32. The van der Waals surface area contributed by atoms with Crippen LogP contribution in [0.5, 0.6) is 0 Å². The average Bonchev–Trinajstić information content (AvgIpc) is 2.69. The highest BCUT2D eigenvalue weighted by Gasteiger charge is 2.13. The van der Waals surface area contributed by atoms with Crippen LogP contribution >= 0.6 is 0 Å². The minimum Gasteiger partial charge on any atom is -0.395 e. The van der Waals surface area contributed by atoms with Crippen LogP contribution in [0.25, 0.3) is 16.8 Å². The summed E-state index contributed by atoms with van der Waals surface area (Å²) < 4.78 is 1.61. The highest BCUT2D eigenvalue weighted by molar-refractivity contribution is 5.73. The molecular weight excluding hydrogens is 350 g/mol. The highest BCUT2D eigenvalue weighted by atomic mass is 16.3. The molecule has 0 aromatic carbocycles. The number of aromatic nitrogens is 2. The van der Waals surface area contributed by atoms with Crippen molar-refractivity contribution >= 4 is 16.8 Å². The smallest absolute Gasteiger partial charge is 0.258 e. The summed E-state index contributed by atoms with van der Waals surface area (Å²) in [6, 6.07) is 5.50. The van der Waals surface area contributed by atoms with E-state index in [0.29, 0.717) is 17.9 Å². The van der Waals surface area contributed by atoms with Gasteiger partial charge in [0.1, 0.15) is 5.65 Å². The molecule has 0 amide bonds. The molecule has 2 aromatic heterocycles. The lowest BCUT2D eigenvalue weighted by Gasteiger charge is -2.25. The van der Waals surface area contributed by atoms with Gasteiger partial charge in [-0.05, 0) is 49.1 Å². The molecule has 28 heavy (non-hydrogen) atoms. The lowest BCUT2D eigenvalue weighted by Crippen LogP contribution is -2.31. The van der Waals surface area contributed by atoms with E-state index in [9.17, 15) is 4.79 Å². The predicted octanol–water partition coefficient (Wildman–Crippen LogP) is 3.31. The van der Waals surface area contributed by atoms with Crippen LogP contribution < -0.4 is 5.56 Å². The molecule has 0 aliphatic carbocycles. The molecule has 1 aliphatic rings. The van der Waals surface area contributed by atoms with E-state index in [1.807, 2.05) is 50.4 Å². The monoisotopic (exact) mass is 377 g/mol. The molecule has 0 radical (unpaired) electrons.